The number of para-hydroxylation sites is 1. The first-order chi connectivity index (χ1) is 9.70. The molecule has 0 aliphatic carbocycles. The van der Waals surface area contributed by atoms with Gasteiger partial charge in [-0.1, -0.05) is 18.2 Å². The third-order valence-electron chi connectivity index (χ3n) is 3.88. The van der Waals surface area contributed by atoms with Crippen molar-refractivity contribution in [2.24, 2.45) is 4.99 Å². The molecular formula is C15H12N2O2S. The molecule has 0 amide bonds. The van der Waals surface area contributed by atoms with E-state index in [1.807, 2.05) is 40.6 Å². The summed E-state index contributed by atoms with van der Waals surface area (Å²) >= 11 is 1.44. The van der Waals surface area contributed by atoms with Crippen molar-refractivity contribution < 1.29 is 9.90 Å². The Hall–Kier alpha value is -1.98. The van der Waals surface area contributed by atoms with E-state index in [-0.39, 0.29) is 5.78 Å². The number of carbonyl (C=O) groups excluding carboxylic acids is 1. The lowest BCUT2D eigenvalue weighted by atomic mass is 9.89. The van der Waals surface area contributed by atoms with E-state index in [4.69, 9.17) is 0 Å². The minimum Gasteiger partial charge on any atom is -0.374 e. The van der Waals surface area contributed by atoms with Crippen molar-refractivity contribution in [1.29, 1.82) is 0 Å². The predicted molar refractivity (Wildman–Crippen MR) is 79.1 cm³/mol. The van der Waals surface area contributed by atoms with Gasteiger partial charge >= 0.3 is 0 Å². The molecule has 5 heteroatoms. The van der Waals surface area contributed by atoms with Gasteiger partial charge in [0.25, 0.3) is 0 Å². The average Bonchev–Trinajstić information content (AvgIpc) is 3.06. The number of aliphatic hydroxyl groups is 1. The standard InChI is InChI=1S/C15H12N2O2S/c18-13-11-8-20-9-12(11)16-14-15(13,19)6-7-17(14)10-4-2-1-3-5-10/h1-5,8-9,19H,6-7H2. The third-order valence-corrected chi connectivity index (χ3v) is 4.61. The highest BCUT2D eigenvalue weighted by atomic mass is 32.1. The number of ketones is 1. The number of amidine groups is 1. The fourth-order valence-corrected chi connectivity index (χ4v) is 3.57. The molecule has 1 aromatic carbocycles. The van der Waals surface area contributed by atoms with Crippen molar-refractivity contribution in [2.45, 2.75) is 12.0 Å². The minimum atomic E-state index is -1.47. The lowest BCUT2D eigenvalue weighted by Crippen LogP contribution is -2.48. The first kappa shape index (κ1) is 11.8. The zero-order chi connectivity index (χ0) is 13.7. The summed E-state index contributed by atoms with van der Waals surface area (Å²) in [5.41, 5.74) is 0.691. The first-order valence-corrected chi connectivity index (χ1v) is 7.39. The number of Topliss-reactive ketones (excluding diaryl/α,β-unsaturated/α-hetero) is 1. The van der Waals surface area contributed by atoms with Crippen molar-refractivity contribution in [3.8, 4) is 0 Å². The van der Waals surface area contributed by atoms with Crippen LogP contribution in [0.4, 0.5) is 11.4 Å². The van der Waals surface area contributed by atoms with Gasteiger partial charge in [0.1, 0.15) is 5.84 Å². The van der Waals surface area contributed by atoms with Crippen LogP contribution in [0.15, 0.2) is 46.1 Å². The molecule has 1 saturated heterocycles. The van der Waals surface area contributed by atoms with Crippen LogP contribution in [-0.2, 0) is 0 Å². The van der Waals surface area contributed by atoms with Gasteiger partial charge in [0.05, 0.1) is 11.3 Å². The quantitative estimate of drug-likeness (QED) is 0.875. The average molecular weight is 284 g/mol. The van der Waals surface area contributed by atoms with Crippen LogP contribution < -0.4 is 4.90 Å². The number of aliphatic imine (C=N–C) groups is 1. The summed E-state index contributed by atoms with van der Waals surface area (Å²) in [7, 11) is 0. The van der Waals surface area contributed by atoms with E-state index in [9.17, 15) is 9.90 Å². The first-order valence-electron chi connectivity index (χ1n) is 6.45. The number of hydrogen-bond acceptors (Lipinski definition) is 5. The molecule has 1 unspecified atom stereocenters. The van der Waals surface area contributed by atoms with Gasteiger partial charge in [-0.3, -0.25) is 4.79 Å². The van der Waals surface area contributed by atoms with Gasteiger partial charge < -0.3 is 10.0 Å². The SMILES string of the molecule is O=C1c2cscc2N=C2N(c3ccccc3)CCC12O. The topological polar surface area (TPSA) is 52.9 Å². The van der Waals surface area contributed by atoms with Crippen molar-refractivity contribution >= 4 is 34.3 Å². The van der Waals surface area contributed by atoms with Gasteiger partial charge in [-0.15, -0.1) is 11.3 Å². The fourth-order valence-electron chi connectivity index (χ4n) is 2.83. The minimum absolute atomic E-state index is 0.225. The van der Waals surface area contributed by atoms with E-state index in [1.54, 1.807) is 5.38 Å². The van der Waals surface area contributed by atoms with Gasteiger partial charge in [0, 0.05) is 29.4 Å². The summed E-state index contributed by atoms with van der Waals surface area (Å²) in [5, 5.41) is 14.4. The molecule has 1 atom stereocenters. The smallest absolute Gasteiger partial charge is 0.205 e. The second kappa shape index (κ2) is 4.01. The lowest BCUT2D eigenvalue weighted by molar-refractivity contribution is 0.0603. The number of fused-ring (bicyclic) bond motifs is 2. The molecule has 1 N–H and O–H groups in total. The molecule has 100 valence electrons. The largest absolute Gasteiger partial charge is 0.374 e. The van der Waals surface area contributed by atoms with Crippen LogP contribution in [0.25, 0.3) is 0 Å². The molecule has 1 fully saturated rings. The van der Waals surface area contributed by atoms with Gasteiger partial charge in [-0.25, -0.2) is 4.99 Å². The molecule has 4 nitrogen and oxygen atoms in total. The molecule has 0 radical (unpaired) electrons. The van der Waals surface area contributed by atoms with E-state index >= 15 is 0 Å². The number of anilines is 1. The Morgan fingerprint density at radius 3 is 2.85 bits per heavy atom. The van der Waals surface area contributed by atoms with Gasteiger partial charge in [-0.2, -0.15) is 0 Å². The van der Waals surface area contributed by atoms with Gasteiger partial charge in [0.2, 0.25) is 5.78 Å². The second-order valence-electron chi connectivity index (χ2n) is 5.03. The highest BCUT2D eigenvalue weighted by molar-refractivity contribution is 7.08. The Kier molecular flexibility index (Phi) is 2.37. The highest BCUT2D eigenvalue weighted by Gasteiger charge is 2.52. The number of hydrogen-bond donors (Lipinski definition) is 1. The maximum Gasteiger partial charge on any atom is 0.205 e. The molecule has 0 spiro atoms. The van der Waals surface area contributed by atoms with Crippen molar-refractivity contribution in [1.82, 2.24) is 0 Å². The number of thiophene rings is 1. The van der Waals surface area contributed by atoms with Crippen LogP contribution in [0.2, 0.25) is 0 Å². The van der Waals surface area contributed by atoms with Crippen LogP contribution in [0.1, 0.15) is 16.8 Å². The van der Waals surface area contributed by atoms with Crippen LogP contribution in [0.3, 0.4) is 0 Å². The predicted octanol–water partition coefficient (Wildman–Crippen LogP) is 2.62. The molecule has 0 saturated carbocycles. The van der Waals surface area contributed by atoms with Crippen LogP contribution in [0.5, 0.6) is 0 Å². The molecule has 4 rings (SSSR count). The van der Waals surface area contributed by atoms with E-state index in [0.717, 1.165) is 5.69 Å². The zero-order valence-electron chi connectivity index (χ0n) is 10.6. The number of nitrogens with zero attached hydrogens (tertiary/aromatic N) is 2. The Bertz CT molecular complexity index is 722. The summed E-state index contributed by atoms with van der Waals surface area (Å²) in [6.45, 7) is 0.596. The molecule has 0 bridgehead atoms. The molecule has 1 aromatic heterocycles. The number of benzene rings is 1. The second-order valence-corrected chi connectivity index (χ2v) is 5.78. The monoisotopic (exact) mass is 284 g/mol. The Morgan fingerprint density at radius 2 is 2.05 bits per heavy atom. The van der Waals surface area contributed by atoms with Crippen molar-refractivity contribution in [2.75, 3.05) is 11.4 Å². The normalized spacial score (nSPS) is 24.4. The Balaban J connectivity index is 1.87. The van der Waals surface area contributed by atoms with Gasteiger partial charge in [-0.05, 0) is 12.1 Å². The van der Waals surface area contributed by atoms with E-state index in [2.05, 4.69) is 4.99 Å². The summed E-state index contributed by atoms with van der Waals surface area (Å²) in [5.74, 6) is 0.233. The Morgan fingerprint density at radius 1 is 1.25 bits per heavy atom. The van der Waals surface area contributed by atoms with Crippen LogP contribution in [0, 0.1) is 0 Å². The van der Waals surface area contributed by atoms with E-state index < -0.39 is 5.60 Å². The lowest BCUT2D eigenvalue weighted by Gasteiger charge is -2.28. The van der Waals surface area contributed by atoms with E-state index in [1.165, 1.54) is 11.3 Å². The summed E-state index contributed by atoms with van der Waals surface area (Å²) < 4.78 is 0. The van der Waals surface area contributed by atoms with Crippen molar-refractivity contribution in [3.05, 3.63) is 46.7 Å². The molecule has 2 aliphatic heterocycles. The Labute approximate surface area is 120 Å². The molecule has 2 aliphatic rings. The fraction of sp³-hybridized carbons (Fsp3) is 0.200. The maximum absolute atomic E-state index is 12.5. The molecule has 2 aromatic rings. The summed E-state index contributed by atoms with van der Waals surface area (Å²) in [4.78, 5) is 19.0. The molecule has 3 heterocycles. The van der Waals surface area contributed by atoms with Crippen LogP contribution in [-0.4, -0.2) is 28.9 Å². The number of rotatable bonds is 1. The maximum atomic E-state index is 12.5. The van der Waals surface area contributed by atoms with E-state index in [0.29, 0.717) is 30.1 Å². The molecule has 20 heavy (non-hydrogen) atoms. The number of carbonyl (C=O) groups is 1. The van der Waals surface area contributed by atoms with Gasteiger partial charge in [0.15, 0.2) is 5.60 Å². The van der Waals surface area contributed by atoms with Crippen LogP contribution >= 0.6 is 11.3 Å². The molecular weight excluding hydrogens is 272 g/mol. The summed E-state index contributed by atoms with van der Waals surface area (Å²) in [6.07, 6.45) is 0.384. The highest BCUT2D eigenvalue weighted by Crippen LogP contribution is 2.40. The zero-order valence-corrected chi connectivity index (χ0v) is 11.4. The van der Waals surface area contributed by atoms with Crippen molar-refractivity contribution in [3.63, 3.8) is 0 Å². The summed E-state index contributed by atoms with van der Waals surface area (Å²) in [6, 6.07) is 9.74. The third kappa shape index (κ3) is 1.44.